The number of aryl methyl sites for hydroxylation is 1. The van der Waals surface area contributed by atoms with Gasteiger partial charge in [-0.05, 0) is 49.7 Å². The highest BCUT2D eigenvalue weighted by molar-refractivity contribution is 7.91. The monoisotopic (exact) mass is 367 g/mol. The lowest BCUT2D eigenvalue weighted by Crippen LogP contribution is -2.53. The maximum Gasteiger partial charge on any atom is 0.173 e. The number of sulfone groups is 1. The molecule has 0 unspecified atom stereocenters. The minimum atomic E-state index is -2.82. The molecular weight excluding hydrogens is 342 g/mol. The van der Waals surface area contributed by atoms with E-state index in [0.717, 1.165) is 43.4 Å². The molecule has 2 heterocycles. The topological polar surface area (TPSA) is 52.6 Å². The van der Waals surface area contributed by atoms with Gasteiger partial charge in [0.1, 0.15) is 0 Å². The first-order chi connectivity index (χ1) is 11.4. The first kappa shape index (κ1) is 17.6. The van der Waals surface area contributed by atoms with E-state index >= 15 is 0 Å². The average Bonchev–Trinajstić information content (AvgIpc) is 2.92. The number of rotatable bonds is 2. The third-order valence-corrected chi connectivity index (χ3v) is 7.28. The van der Waals surface area contributed by atoms with Crippen molar-refractivity contribution in [2.45, 2.75) is 26.3 Å². The van der Waals surface area contributed by atoms with E-state index in [1.54, 1.807) is 0 Å². The van der Waals surface area contributed by atoms with Gasteiger partial charge in [0.25, 0.3) is 0 Å². The lowest BCUT2D eigenvalue weighted by molar-refractivity contribution is 0.144. The normalized spacial score (nSPS) is 24.1. The summed E-state index contributed by atoms with van der Waals surface area (Å²) in [6.07, 6.45) is 0.771. The van der Waals surface area contributed by atoms with Crippen LogP contribution < -0.4 is 5.32 Å². The second-order valence-electron chi connectivity index (χ2n) is 6.76. The van der Waals surface area contributed by atoms with Gasteiger partial charge in [0.05, 0.1) is 11.5 Å². The Kier molecular flexibility index (Phi) is 5.13. The van der Waals surface area contributed by atoms with Gasteiger partial charge in [-0.2, -0.15) is 0 Å². The SMILES string of the molecule is Cc1cccc(NC(=S)N2CCN([C@H]3CCS(=O)(=O)C3)CC2)c1C. The molecule has 0 spiro atoms. The summed E-state index contributed by atoms with van der Waals surface area (Å²) >= 11 is 5.57. The van der Waals surface area contributed by atoms with E-state index in [1.165, 1.54) is 11.1 Å². The van der Waals surface area contributed by atoms with Gasteiger partial charge in [-0.3, -0.25) is 4.90 Å². The van der Waals surface area contributed by atoms with Crippen LogP contribution >= 0.6 is 12.2 Å². The number of thiocarbonyl (C=S) groups is 1. The fraction of sp³-hybridized carbons (Fsp3) is 0.588. The first-order valence-corrected chi connectivity index (χ1v) is 10.7. The van der Waals surface area contributed by atoms with Crippen molar-refractivity contribution in [2.75, 3.05) is 43.0 Å². The number of piperazine rings is 1. The van der Waals surface area contributed by atoms with Gasteiger partial charge in [0, 0.05) is 37.9 Å². The van der Waals surface area contributed by atoms with Gasteiger partial charge in [0.2, 0.25) is 0 Å². The number of benzene rings is 1. The van der Waals surface area contributed by atoms with Crippen LogP contribution in [-0.2, 0) is 9.84 Å². The lowest BCUT2D eigenvalue weighted by Gasteiger charge is -2.38. The van der Waals surface area contributed by atoms with Crippen LogP contribution in [-0.4, -0.2) is 67.1 Å². The molecule has 2 aliphatic rings. The zero-order valence-electron chi connectivity index (χ0n) is 14.3. The number of nitrogens with one attached hydrogen (secondary N) is 1. The molecule has 0 aliphatic carbocycles. The van der Waals surface area contributed by atoms with E-state index in [4.69, 9.17) is 12.2 Å². The number of nitrogens with zero attached hydrogens (tertiary/aromatic N) is 2. The van der Waals surface area contributed by atoms with Crippen LogP contribution in [0.4, 0.5) is 5.69 Å². The summed E-state index contributed by atoms with van der Waals surface area (Å²) in [4.78, 5) is 4.48. The van der Waals surface area contributed by atoms with Crippen LogP contribution in [0.15, 0.2) is 18.2 Å². The Hall–Kier alpha value is -1.18. The van der Waals surface area contributed by atoms with E-state index in [-0.39, 0.29) is 6.04 Å². The summed E-state index contributed by atoms with van der Waals surface area (Å²) < 4.78 is 23.3. The van der Waals surface area contributed by atoms with Crippen molar-refractivity contribution in [1.82, 2.24) is 9.80 Å². The van der Waals surface area contributed by atoms with Gasteiger partial charge in [0.15, 0.2) is 14.9 Å². The molecule has 1 N–H and O–H groups in total. The third kappa shape index (κ3) is 3.90. The van der Waals surface area contributed by atoms with Gasteiger partial charge in [-0.25, -0.2) is 8.42 Å². The second kappa shape index (κ2) is 6.98. The third-order valence-electron chi connectivity index (χ3n) is 5.17. The molecule has 0 aromatic heterocycles. The fourth-order valence-electron chi connectivity index (χ4n) is 3.43. The predicted octanol–water partition coefficient (Wildman–Crippen LogP) is 1.80. The fourth-order valence-corrected chi connectivity index (χ4v) is 5.49. The Bertz CT molecular complexity index is 725. The minimum absolute atomic E-state index is 0.192. The Morgan fingerprint density at radius 1 is 1.21 bits per heavy atom. The molecule has 2 saturated heterocycles. The molecule has 132 valence electrons. The summed E-state index contributed by atoms with van der Waals surface area (Å²) in [7, 11) is -2.82. The average molecular weight is 368 g/mol. The maximum atomic E-state index is 11.7. The molecule has 1 aromatic carbocycles. The lowest BCUT2D eigenvalue weighted by atomic mass is 10.1. The van der Waals surface area contributed by atoms with Crippen LogP contribution in [0, 0.1) is 13.8 Å². The molecule has 3 rings (SSSR count). The molecule has 7 heteroatoms. The molecule has 24 heavy (non-hydrogen) atoms. The molecular formula is C17H25N3O2S2. The van der Waals surface area contributed by atoms with Crippen LogP contribution in [0.25, 0.3) is 0 Å². The van der Waals surface area contributed by atoms with Crippen LogP contribution in [0.1, 0.15) is 17.5 Å². The summed E-state index contributed by atoms with van der Waals surface area (Å²) in [5, 5.41) is 4.11. The highest BCUT2D eigenvalue weighted by Crippen LogP contribution is 2.21. The summed E-state index contributed by atoms with van der Waals surface area (Å²) in [6, 6.07) is 6.37. The van der Waals surface area contributed by atoms with Crippen LogP contribution in [0.2, 0.25) is 0 Å². The van der Waals surface area contributed by atoms with E-state index in [9.17, 15) is 8.42 Å². The standard InChI is InChI=1S/C17H25N3O2S2/c1-13-4-3-5-16(14(13)2)18-17(23)20-9-7-19(8-10-20)15-6-11-24(21,22)12-15/h3-5,15H,6-12H2,1-2H3,(H,18,23)/t15-/m0/s1. The highest BCUT2D eigenvalue weighted by Gasteiger charge is 2.33. The molecule has 0 saturated carbocycles. The van der Waals surface area contributed by atoms with Crippen LogP contribution in [0.5, 0.6) is 0 Å². The second-order valence-corrected chi connectivity index (χ2v) is 9.37. The summed E-state index contributed by atoms with van der Waals surface area (Å²) in [6.45, 7) is 7.61. The van der Waals surface area contributed by atoms with Crippen LogP contribution in [0.3, 0.4) is 0 Å². The maximum absolute atomic E-state index is 11.7. The predicted molar refractivity (Wildman–Crippen MR) is 102 cm³/mol. The minimum Gasteiger partial charge on any atom is -0.346 e. The Labute approximate surface area is 149 Å². The van der Waals surface area contributed by atoms with Crippen molar-refractivity contribution >= 4 is 32.9 Å². The number of hydrogen-bond acceptors (Lipinski definition) is 4. The molecule has 2 fully saturated rings. The highest BCUT2D eigenvalue weighted by atomic mass is 32.2. The van der Waals surface area contributed by atoms with E-state index in [1.807, 2.05) is 12.1 Å². The van der Waals surface area contributed by atoms with Crippen molar-refractivity contribution < 1.29 is 8.42 Å². The van der Waals surface area contributed by atoms with Gasteiger partial charge >= 0.3 is 0 Å². The first-order valence-electron chi connectivity index (χ1n) is 8.42. The zero-order valence-corrected chi connectivity index (χ0v) is 15.9. The van der Waals surface area contributed by atoms with Crippen molar-refractivity contribution in [3.63, 3.8) is 0 Å². The largest absolute Gasteiger partial charge is 0.346 e. The Balaban J connectivity index is 1.55. The summed E-state index contributed by atoms with van der Waals surface area (Å²) in [5.41, 5.74) is 3.52. The van der Waals surface area contributed by atoms with E-state index in [2.05, 4.69) is 35.0 Å². The molecule has 1 aromatic rings. The molecule has 5 nitrogen and oxygen atoms in total. The molecule has 0 amide bonds. The quantitative estimate of drug-likeness (QED) is 0.805. The van der Waals surface area contributed by atoms with Gasteiger partial charge in [-0.1, -0.05) is 12.1 Å². The van der Waals surface area contributed by atoms with Crippen molar-refractivity contribution in [3.8, 4) is 0 Å². The molecule has 2 aliphatic heterocycles. The van der Waals surface area contributed by atoms with E-state index in [0.29, 0.717) is 11.5 Å². The molecule has 0 bridgehead atoms. The van der Waals surface area contributed by atoms with Gasteiger partial charge in [-0.15, -0.1) is 0 Å². The van der Waals surface area contributed by atoms with Crippen molar-refractivity contribution in [3.05, 3.63) is 29.3 Å². The number of hydrogen-bond donors (Lipinski definition) is 1. The van der Waals surface area contributed by atoms with Crippen molar-refractivity contribution in [1.29, 1.82) is 0 Å². The van der Waals surface area contributed by atoms with E-state index < -0.39 is 9.84 Å². The molecule has 1 atom stereocenters. The Morgan fingerprint density at radius 3 is 2.54 bits per heavy atom. The van der Waals surface area contributed by atoms with Crippen molar-refractivity contribution in [2.24, 2.45) is 0 Å². The van der Waals surface area contributed by atoms with Gasteiger partial charge < -0.3 is 10.2 Å². The molecule has 0 radical (unpaired) electrons. The number of anilines is 1. The summed E-state index contributed by atoms with van der Waals surface area (Å²) in [5.74, 6) is 0.655. The zero-order chi connectivity index (χ0) is 17.3. The smallest absolute Gasteiger partial charge is 0.173 e. The Morgan fingerprint density at radius 2 is 1.92 bits per heavy atom.